The first-order valence-electron chi connectivity index (χ1n) is 14.0. The molecular weight excluding hydrogens is 530 g/mol. The van der Waals surface area contributed by atoms with E-state index in [1.807, 2.05) is 54.6 Å². The minimum atomic E-state index is -0.561. The number of halogens is 1. The first-order chi connectivity index (χ1) is 19.1. The third-order valence-electron chi connectivity index (χ3n) is 8.14. The number of ether oxygens (including phenoxy) is 3. The summed E-state index contributed by atoms with van der Waals surface area (Å²) in [4.78, 5) is 30.2. The van der Waals surface area contributed by atoms with E-state index < -0.39 is 5.60 Å². The molecule has 0 radical (unpaired) electrons. The highest BCUT2D eigenvalue weighted by Gasteiger charge is 2.43. The fourth-order valence-electron chi connectivity index (χ4n) is 6.17. The molecule has 0 N–H and O–H groups in total. The van der Waals surface area contributed by atoms with Crippen LogP contribution in [0.15, 0.2) is 48.7 Å². The Morgan fingerprint density at radius 3 is 2.62 bits per heavy atom. The average molecular weight is 566 g/mol. The summed E-state index contributed by atoms with van der Waals surface area (Å²) in [7, 11) is 0. The van der Waals surface area contributed by atoms with E-state index in [1.54, 1.807) is 4.90 Å². The standard InChI is InChI=1S/C31H36ClN3O5/c1-30(2,3)40-29(37)34-14-15-38-23(17-34)18-35-19-25(24-9-8-22(32)16-27(24)35)28(36)33-12-10-31(11-13-33)26-7-5-4-6-21(26)20-39-31/h4-9,16,19,23H,10-15,17-18,20H2,1-3H3. The fourth-order valence-corrected chi connectivity index (χ4v) is 6.33. The molecule has 6 rings (SSSR count). The molecule has 1 unspecified atom stereocenters. The molecule has 0 aliphatic carbocycles. The Balaban J connectivity index is 1.19. The SMILES string of the molecule is CC(C)(C)OC(=O)N1CCOC(Cn2cc(C(=O)N3CCC4(CC3)OCc3ccccc34)c3ccc(Cl)cc32)C1. The largest absolute Gasteiger partial charge is 0.444 e. The predicted molar refractivity (Wildman–Crippen MR) is 153 cm³/mol. The maximum Gasteiger partial charge on any atom is 0.410 e. The average Bonchev–Trinajstić information content (AvgIpc) is 3.46. The number of rotatable bonds is 3. The van der Waals surface area contributed by atoms with Gasteiger partial charge in [-0.3, -0.25) is 4.79 Å². The molecule has 1 atom stereocenters. The van der Waals surface area contributed by atoms with Crippen molar-refractivity contribution in [3.05, 3.63) is 70.4 Å². The van der Waals surface area contributed by atoms with Gasteiger partial charge in [-0.2, -0.15) is 0 Å². The summed E-state index contributed by atoms with van der Waals surface area (Å²) in [6.45, 7) is 9.28. The second-order valence-corrected chi connectivity index (χ2v) is 12.4. The van der Waals surface area contributed by atoms with Gasteiger partial charge in [-0.25, -0.2) is 4.79 Å². The van der Waals surface area contributed by atoms with E-state index in [1.165, 1.54) is 11.1 Å². The molecule has 0 saturated carbocycles. The lowest BCUT2D eigenvalue weighted by molar-refractivity contribution is -0.0741. The predicted octanol–water partition coefficient (Wildman–Crippen LogP) is 5.59. The maximum absolute atomic E-state index is 13.9. The minimum Gasteiger partial charge on any atom is -0.444 e. The van der Waals surface area contributed by atoms with Gasteiger partial charge in [0.1, 0.15) is 5.60 Å². The summed E-state index contributed by atoms with van der Waals surface area (Å²) in [5.74, 6) is 0.00662. The smallest absolute Gasteiger partial charge is 0.410 e. The van der Waals surface area contributed by atoms with Crippen molar-refractivity contribution >= 4 is 34.5 Å². The molecule has 8 nitrogen and oxygen atoms in total. The normalized spacial score (nSPS) is 20.6. The molecule has 2 fully saturated rings. The van der Waals surface area contributed by atoms with Crippen molar-refractivity contribution in [2.75, 3.05) is 32.8 Å². The number of likely N-dealkylation sites (tertiary alicyclic amines) is 1. The number of morpholine rings is 1. The van der Waals surface area contributed by atoms with E-state index in [0.29, 0.717) is 56.5 Å². The molecule has 212 valence electrons. The second kappa shape index (κ2) is 10.4. The summed E-state index contributed by atoms with van der Waals surface area (Å²) in [5.41, 5.74) is 3.17. The van der Waals surface area contributed by atoms with Gasteiger partial charge in [-0.1, -0.05) is 41.9 Å². The molecular formula is C31H36ClN3O5. The molecule has 3 aliphatic rings. The lowest BCUT2D eigenvalue weighted by Crippen LogP contribution is -2.48. The highest BCUT2D eigenvalue weighted by molar-refractivity contribution is 6.31. The number of piperidine rings is 1. The Hall–Kier alpha value is -3.07. The molecule has 2 aromatic carbocycles. The topological polar surface area (TPSA) is 73.2 Å². The molecule has 1 aromatic heterocycles. The zero-order valence-corrected chi connectivity index (χ0v) is 24.1. The molecule has 9 heteroatoms. The first kappa shape index (κ1) is 27.1. The summed E-state index contributed by atoms with van der Waals surface area (Å²) in [6, 6.07) is 14.0. The van der Waals surface area contributed by atoms with Gasteiger partial charge in [-0.15, -0.1) is 0 Å². The van der Waals surface area contributed by atoms with Crippen LogP contribution in [0, 0.1) is 0 Å². The van der Waals surface area contributed by atoms with Gasteiger partial charge in [0.25, 0.3) is 5.91 Å². The van der Waals surface area contributed by atoms with Gasteiger partial charge in [0.2, 0.25) is 0 Å². The summed E-state index contributed by atoms with van der Waals surface area (Å²) in [6.07, 6.45) is 2.88. The molecule has 0 bridgehead atoms. The first-order valence-corrected chi connectivity index (χ1v) is 14.4. The van der Waals surface area contributed by atoms with Crippen LogP contribution in [0.5, 0.6) is 0 Å². The lowest BCUT2D eigenvalue weighted by Gasteiger charge is -2.39. The van der Waals surface area contributed by atoms with Gasteiger partial charge in [0.15, 0.2) is 0 Å². The molecule has 40 heavy (non-hydrogen) atoms. The molecule has 4 heterocycles. The van der Waals surface area contributed by atoms with Crippen molar-refractivity contribution in [1.29, 1.82) is 0 Å². The van der Waals surface area contributed by atoms with Gasteiger partial charge in [0.05, 0.1) is 49.1 Å². The molecule has 3 aromatic rings. The van der Waals surface area contributed by atoms with Crippen molar-refractivity contribution in [1.82, 2.24) is 14.4 Å². The number of benzene rings is 2. The minimum absolute atomic E-state index is 0.00662. The van der Waals surface area contributed by atoms with Gasteiger partial charge in [-0.05, 0) is 56.9 Å². The summed E-state index contributed by atoms with van der Waals surface area (Å²) < 4.78 is 19.9. The van der Waals surface area contributed by atoms with Crippen LogP contribution >= 0.6 is 11.6 Å². The van der Waals surface area contributed by atoms with E-state index in [2.05, 4.69) is 24.3 Å². The summed E-state index contributed by atoms with van der Waals surface area (Å²) in [5, 5.41) is 1.46. The number of hydrogen-bond donors (Lipinski definition) is 0. The van der Waals surface area contributed by atoms with E-state index in [-0.39, 0.29) is 23.7 Å². The zero-order chi connectivity index (χ0) is 28.1. The van der Waals surface area contributed by atoms with E-state index >= 15 is 0 Å². The van der Waals surface area contributed by atoms with Crippen molar-refractivity contribution in [3.8, 4) is 0 Å². The van der Waals surface area contributed by atoms with Gasteiger partial charge < -0.3 is 28.6 Å². The number of nitrogens with zero attached hydrogens (tertiary/aromatic N) is 3. The monoisotopic (exact) mass is 565 g/mol. The molecule has 3 aliphatic heterocycles. The number of amides is 2. The Morgan fingerprint density at radius 2 is 1.85 bits per heavy atom. The number of hydrogen-bond acceptors (Lipinski definition) is 5. The number of aromatic nitrogens is 1. The zero-order valence-electron chi connectivity index (χ0n) is 23.3. The van der Waals surface area contributed by atoms with Gasteiger partial charge in [0, 0.05) is 36.2 Å². The quantitative estimate of drug-likeness (QED) is 0.414. The van der Waals surface area contributed by atoms with Crippen molar-refractivity contribution in [2.24, 2.45) is 0 Å². The van der Waals surface area contributed by atoms with Crippen LogP contribution in [0.4, 0.5) is 4.79 Å². The molecule has 2 amide bonds. The van der Waals surface area contributed by atoms with E-state index in [9.17, 15) is 9.59 Å². The molecule has 1 spiro atoms. The molecule has 2 saturated heterocycles. The maximum atomic E-state index is 13.9. The van der Waals surface area contributed by atoms with Crippen LogP contribution < -0.4 is 0 Å². The second-order valence-electron chi connectivity index (χ2n) is 12.0. The lowest BCUT2D eigenvalue weighted by atomic mass is 9.83. The van der Waals surface area contributed by atoms with Crippen LogP contribution in [0.2, 0.25) is 5.02 Å². The Labute approximate surface area is 239 Å². The van der Waals surface area contributed by atoms with Crippen molar-refractivity contribution in [2.45, 2.75) is 64.1 Å². The Kier molecular flexibility index (Phi) is 7.05. The fraction of sp³-hybridized carbons (Fsp3) is 0.484. The third-order valence-corrected chi connectivity index (χ3v) is 8.37. The van der Waals surface area contributed by atoms with Crippen LogP contribution in [0.1, 0.15) is 55.1 Å². The Morgan fingerprint density at radius 1 is 1.07 bits per heavy atom. The van der Waals surface area contributed by atoms with Crippen molar-refractivity contribution in [3.63, 3.8) is 0 Å². The van der Waals surface area contributed by atoms with Crippen molar-refractivity contribution < 1.29 is 23.8 Å². The van der Waals surface area contributed by atoms with Crippen LogP contribution in [0.25, 0.3) is 10.9 Å². The van der Waals surface area contributed by atoms with Crippen LogP contribution in [-0.2, 0) is 33.0 Å². The number of fused-ring (bicyclic) bond motifs is 3. The number of carbonyl (C=O) groups is 2. The van der Waals surface area contributed by atoms with Crippen LogP contribution in [-0.4, -0.2) is 70.9 Å². The highest BCUT2D eigenvalue weighted by Crippen LogP contribution is 2.44. The van der Waals surface area contributed by atoms with Gasteiger partial charge >= 0.3 is 6.09 Å². The Bertz CT molecular complexity index is 1440. The highest BCUT2D eigenvalue weighted by atomic mass is 35.5. The third kappa shape index (κ3) is 5.20. The number of carbonyl (C=O) groups excluding carboxylic acids is 2. The van der Waals surface area contributed by atoms with E-state index in [4.69, 9.17) is 25.8 Å². The van der Waals surface area contributed by atoms with Crippen LogP contribution in [0.3, 0.4) is 0 Å². The summed E-state index contributed by atoms with van der Waals surface area (Å²) >= 11 is 6.38. The van der Waals surface area contributed by atoms with E-state index in [0.717, 1.165) is 23.7 Å².